The molecule has 1 aliphatic rings. The summed E-state index contributed by atoms with van der Waals surface area (Å²) in [5.41, 5.74) is -0.462. The van der Waals surface area contributed by atoms with Gasteiger partial charge in [0.15, 0.2) is 0 Å². The van der Waals surface area contributed by atoms with Crippen molar-refractivity contribution < 1.29 is 23.1 Å². The summed E-state index contributed by atoms with van der Waals surface area (Å²) in [7, 11) is 0. The third kappa shape index (κ3) is 3.40. The molecule has 0 aliphatic carbocycles. The van der Waals surface area contributed by atoms with E-state index in [9.17, 15) is 18.0 Å². The van der Waals surface area contributed by atoms with Crippen molar-refractivity contribution in [2.75, 3.05) is 24.5 Å². The molecule has 1 heterocycles. The minimum absolute atomic E-state index is 0.160. The molecule has 0 aromatic heterocycles. The highest BCUT2D eigenvalue weighted by atomic mass is 35.5. The summed E-state index contributed by atoms with van der Waals surface area (Å²) in [6.07, 6.45) is -4.89. The number of piperazine rings is 1. The lowest BCUT2D eigenvalue weighted by Gasteiger charge is -2.41. The van der Waals surface area contributed by atoms with E-state index in [2.05, 4.69) is 0 Å². The smallest absolute Gasteiger partial charge is 0.417 e. The van der Waals surface area contributed by atoms with Crippen molar-refractivity contribution in [1.29, 1.82) is 0 Å². The normalized spacial score (nSPS) is 19.4. The SMILES string of the molecule is CCC1CN(C(=O)O)CCN1c1ccc(Cl)c(C(F)(F)F)c1. The summed E-state index contributed by atoms with van der Waals surface area (Å²) in [6, 6.07) is 3.64. The van der Waals surface area contributed by atoms with Gasteiger partial charge in [0.1, 0.15) is 0 Å². The van der Waals surface area contributed by atoms with Crippen LogP contribution in [0, 0.1) is 0 Å². The van der Waals surface area contributed by atoms with Crippen LogP contribution in [0.25, 0.3) is 0 Å². The van der Waals surface area contributed by atoms with E-state index in [1.54, 1.807) is 0 Å². The fourth-order valence-corrected chi connectivity index (χ4v) is 2.85. The molecule has 122 valence electrons. The second-order valence-corrected chi connectivity index (χ2v) is 5.55. The first-order valence-corrected chi connectivity index (χ1v) is 7.23. The Balaban J connectivity index is 2.29. The molecule has 22 heavy (non-hydrogen) atoms. The molecule has 1 aliphatic heterocycles. The highest BCUT2D eigenvalue weighted by molar-refractivity contribution is 6.31. The fraction of sp³-hybridized carbons (Fsp3) is 0.500. The highest BCUT2D eigenvalue weighted by Gasteiger charge is 2.35. The van der Waals surface area contributed by atoms with Crippen LogP contribution in [0.15, 0.2) is 18.2 Å². The van der Waals surface area contributed by atoms with Gasteiger partial charge in [0.05, 0.1) is 10.6 Å². The van der Waals surface area contributed by atoms with Gasteiger partial charge in [-0.2, -0.15) is 13.2 Å². The summed E-state index contributed by atoms with van der Waals surface area (Å²) < 4.78 is 38.9. The molecule has 1 N–H and O–H groups in total. The van der Waals surface area contributed by atoms with E-state index >= 15 is 0 Å². The lowest BCUT2D eigenvalue weighted by molar-refractivity contribution is -0.137. The van der Waals surface area contributed by atoms with Gasteiger partial charge in [-0.15, -0.1) is 0 Å². The van der Waals surface area contributed by atoms with E-state index in [1.807, 2.05) is 11.8 Å². The van der Waals surface area contributed by atoms with Gasteiger partial charge >= 0.3 is 12.3 Å². The van der Waals surface area contributed by atoms with E-state index in [-0.39, 0.29) is 24.2 Å². The Morgan fingerprint density at radius 2 is 2.09 bits per heavy atom. The summed E-state index contributed by atoms with van der Waals surface area (Å²) >= 11 is 5.63. The first kappa shape index (κ1) is 16.7. The van der Waals surface area contributed by atoms with Gasteiger partial charge < -0.3 is 14.9 Å². The van der Waals surface area contributed by atoms with Gasteiger partial charge in [-0.25, -0.2) is 4.79 Å². The molecular weight excluding hydrogens is 321 g/mol. The van der Waals surface area contributed by atoms with Gasteiger partial charge in [0.25, 0.3) is 0 Å². The molecule has 1 aromatic rings. The van der Waals surface area contributed by atoms with Crippen LogP contribution < -0.4 is 4.90 Å². The fourth-order valence-electron chi connectivity index (χ4n) is 2.63. The third-order valence-corrected chi connectivity index (χ3v) is 4.14. The van der Waals surface area contributed by atoms with Gasteiger partial charge in [-0.3, -0.25) is 0 Å². The van der Waals surface area contributed by atoms with Gasteiger partial charge in [0.2, 0.25) is 0 Å². The Labute approximate surface area is 131 Å². The van der Waals surface area contributed by atoms with Crippen molar-refractivity contribution in [3.05, 3.63) is 28.8 Å². The predicted molar refractivity (Wildman–Crippen MR) is 77.5 cm³/mol. The zero-order valence-corrected chi connectivity index (χ0v) is 12.7. The molecule has 0 bridgehead atoms. The minimum Gasteiger partial charge on any atom is -0.465 e. The van der Waals surface area contributed by atoms with Crippen LogP contribution in [0.2, 0.25) is 5.02 Å². The Bertz CT molecular complexity index is 566. The van der Waals surface area contributed by atoms with Crippen molar-refractivity contribution in [3.63, 3.8) is 0 Å². The van der Waals surface area contributed by atoms with Crippen molar-refractivity contribution in [3.8, 4) is 0 Å². The van der Waals surface area contributed by atoms with E-state index in [4.69, 9.17) is 16.7 Å². The molecule has 1 unspecified atom stereocenters. The Hall–Kier alpha value is -1.63. The van der Waals surface area contributed by atoms with Crippen LogP contribution in [-0.2, 0) is 6.18 Å². The van der Waals surface area contributed by atoms with Crippen molar-refractivity contribution in [1.82, 2.24) is 4.90 Å². The molecule has 1 atom stereocenters. The molecule has 0 radical (unpaired) electrons. The lowest BCUT2D eigenvalue weighted by Crippen LogP contribution is -2.54. The molecule has 1 fully saturated rings. The summed E-state index contributed by atoms with van der Waals surface area (Å²) in [5.74, 6) is 0. The molecule has 1 amide bonds. The summed E-state index contributed by atoms with van der Waals surface area (Å²) in [4.78, 5) is 14.1. The van der Waals surface area contributed by atoms with Gasteiger partial charge in [-0.05, 0) is 24.6 Å². The minimum atomic E-state index is -4.52. The van der Waals surface area contributed by atoms with E-state index in [0.29, 0.717) is 18.7 Å². The number of carboxylic acid groups (broad SMARTS) is 1. The van der Waals surface area contributed by atoms with Gasteiger partial charge in [0, 0.05) is 31.4 Å². The maximum atomic E-state index is 13.0. The number of nitrogens with zero attached hydrogens (tertiary/aromatic N) is 2. The molecule has 0 saturated carbocycles. The number of hydrogen-bond acceptors (Lipinski definition) is 2. The number of anilines is 1. The number of benzene rings is 1. The largest absolute Gasteiger partial charge is 0.465 e. The first-order chi connectivity index (χ1) is 10.2. The van der Waals surface area contributed by atoms with E-state index in [1.165, 1.54) is 17.0 Å². The second kappa shape index (κ2) is 6.24. The summed E-state index contributed by atoms with van der Waals surface area (Å²) in [6.45, 7) is 2.76. The highest BCUT2D eigenvalue weighted by Crippen LogP contribution is 2.37. The van der Waals surface area contributed by atoms with Crippen molar-refractivity contribution in [2.45, 2.75) is 25.6 Å². The number of halogens is 4. The lowest BCUT2D eigenvalue weighted by atomic mass is 10.1. The molecule has 1 saturated heterocycles. The Morgan fingerprint density at radius 3 is 2.64 bits per heavy atom. The van der Waals surface area contributed by atoms with Crippen LogP contribution in [0.1, 0.15) is 18.9 Å². The maximum Gasteiger partial charge on any atom is 0.417 e. The number of carbonyl (C=O) groups is 1. The van der Waals surface area contributed by atoms with Crippen LogP contribution in [-0.4, -0.2) is 41.8 Å². The monoisotopic (exact) mass is 336 g/mol. The van der Waals surface area contributed by atoms with E-state index in [0.717, 1.165) is 6.07 Å². The number of alkyl halides is 3. The number of hydrogen-bond donors (Lipinski definition) is 1. The van der Waals surface area contributed by atoms with Gasteiger partial charge in [-0.1, -0.05) is 18.5 Å². The van der Waals surface area contributed by atoms with Crippen LogP contribution >= 0.6 is 11.6 Å². The molecule has 0 spiro atoms. The average Bonchev–Trinajstić information content (AvgIpc) is 2.45. The number of amides is 1. The van der Waals surface area contributed by atoms with Crippen molar-refractivity contribution >= 4 is 23.4 Å². The van der Waals surface area contributed by atoms with Crippen molar-refractivity contribution in [2.24, 2.45) is 0 Å². The molecule has 4 nitrogen and oxygen atoms in total. The summed E-state index contributed by atoms with van der Waals surface area (Å²) in [5, 5.41) is 8.70. The second-order valence-electron chi connectivity index (χ2n) is 5.15. The van der Waals surface area contributed by atoms with Crippen LogP contribution in [0.5, 0.6) is 0 Å². The average molecular weight is 337 g/mol. The quantitative estimate of drug-likeness (QED) is 0.889. The van der Waals surface area contributed by atoms with Crippen LogP contribution in [0.3, 0.4) is 0 Å². The zero-order chi connectivity index (χ0) is 16.5. The Morgan fingerprint density at radius 1 is 1.41 bits per heavy atom. The third-order valence-electron chi connectivity index (χ3n) is 3.81. The van der Waals surface area contributed by atoms with Crippen LogP contribution in [0.4, 0.5) is 23.7 Å². The first-order valence-electron chi connectivity index (χ1n) is 6.85. The Kier molecular flexibility index (Phi) is 4.75. The number of rotatable bonds is 2. The molecular formula is C14H16ClF3N2O2. The topological polar surface area (TPSA) is 43.8 Å². The molecule has 8 heteroatoms. The zero-order valence-electron chi connectivity index (χ0n) is 11.9. The molecule has 2 rings (SSSR count). The predicted octanol–water partition coefficient (Wildman–Crippen LogP) is 3.94. The standard InChI is InChI=1S/C14H16ClF3N2O2/c1-2-9-8-19(13(21)22)5-6-20(9)10-3-4-12(15)11(7-10)14(16,17)18/h3-4,7,9H,2,5-6,8H2,1H3,(H,21,22). The maximum absolute atomic E-state index is 13.0. The molecule has 1 aromatic carbocycles. The van der Waals surface area contributed by atoms with E-state index < -0.39 is 17.8 Å².